The summed E-state index contributed by atoms with van der Waals surface area (Å²) in [6, 6.07) is 13.3. The Kier molecular flexibility index (Phi) is 6.67. The number of ether oxygens (including phenoxy) is 2. The van der Waals surface area contributed by atoms with E-state index in [4.69, 9.17) is 26.3 Å². The Labute approximate surface area is 152 Å². The summed E-state index contributed by atoms with van der Waals surface area (Å²) in [6.07, 6.45) is -0.178. The third-order valence-corrected chi connectivity index (χ3v) is 3.76. The smallest absolute Gasteiger partial charge is 0.234 e. The number of hydrogen-bond acceptors (Lipinski definition) is 4. The molecule has 0 radical (unpaired) electrons. The van der Waals surface area contributed by atoms with Crippen LogP contribution in [0.15, 0.2) is 36.4 Å². The predicted molar refractivity (Wildman–Crippen MR) is 95.6 cm³/mol. The maximum atomic E-state index is 11.4. The quantitative estimate of drug-likeness (QED) is 0.817. The molecule has 0 aliphatic heterocycles. The molecule has 0 aliphatic rings. The molecule has 2 aromatic carbocycles. The molecular weight excluding hydrogens is 340 g/mol. The molecule has 0 aromatic heterocycles. The van der Waals surface area contributed by atoms with Gasteiger partial charge in [0.05, 0.1) is 18.2 Å². The van der Waals surface area contributed by atoms with Crippen LogP contribution < -0.4 is 14.8 Å². The highest BCUT2D eigenvalue weighted by Crippen LogP contribution is 2.37. The van der Waals surface area contributed by atoms with Crippen molar-refractivity contribution < 1.29 is 14.3 Å². The second-order valence-corrected chi connectivity index (χ2v) is 5.91. The van der Waals surface area contributed by atoms with E-state index in [1.807, 2.05) is 31.2 Å². The molecular formula is C19H19ClN2O3. The Morgan fingerprint density at radius 2 is 2.08 bits per heavy atom. The molecule has 2 aromatic rings. The van der Waals surface area contributed by atoms with Crippen LogP contribution in [0.4, 0.5) is 0 Å². The normalized spacial score (nSPS) is 10.0. The number of hydrogen-bond donors (Lipinski definition) is 1. The summed E-state index contributed by atoms with van der Waals surface area (Å²) in [5.74, 6) is 0.611. The van der Waals surface area contributed by atoms with Gasteiger partial charge in [-0.05, 0) is 30.2 Å². The molecule has 25 heavy (non-hydrogen) atoms. The number of aryl methyl sites for hydroxylation is 1. The van der Waals surface area contributed by atoms with Crippen molar-refractivity contribution in [2.45, 2.75) is 26.5 Å². The fraction of sp³-hybridized carbons (Fsp3) is 0.263. The first-order valence-corrected chi connectivity index (χ1v) is 8.09. The van der Waals surface area contributed by atoms with Crippen LogP contribution in [0.1, 0.15) is 23.1 Å². The minimum atomic E-state index is -0.336. The van der Waals surface area contributed by atoms with E-state index in [1.54, 1.807) is 18.2 Å². The van der Waals surface area contributed by atoms with Crippen molar-refractivity contribution in [2.75, 3.05) is 7.11 Å². The average Bonchev–Trinajstić information content (AvgIpc) is 2.59. The third-order valence-electron chi connectivity index (χ3n) is 3.48. The minimum absolute atomic E-state index is 0.178. The minimum Gasteiger partial charge on any atom is -0.493 e. The van der Waals surface area contributed by atoms with Crippen molar-refractivity contribution in [3.63, 3.8) is 0 Å². The zero-order chi connectivity index (χ0) is 18.2. The lowest BCUT2D eigenvalue weighted by Crippen LogP contribution is -2.21. The fourth-order valence-electron chi connectivity index (χ4n) is 2.31. The van der Waals surface area contributed by atoms with Crippen molar-refractivity contribution in [1.29, 1.82) is 5.26 Å². The van der Waals surface area contributed by atoms with Crippen molar-refractivity contribution in [3.05, 3.63) is 58.1 Å². The molecule has 0 saturated carbocycles. The van der Waals surface area contributed by atoms with Crippen LogP contribution >= 0.6 is 11.6 Å². The van der Waals surface area contributed by atoms with Crippen molar-refractivity contribution in [2.24, 2.45) is 0 Å². The van der Waals surface area contributed by atoms with E-state index in [0.717, 1.165) is 16.7 Å². The zero-order valence-corrected chi connectivity index (χ0v) is 14.9. The van der Waals surface area contributed by atoms with Gasteiger partial charge in [0, 0.05) is 6.54 Å². The molecule has 2 rings (SSSR count). The summed E-state index contributed by atoms with van der Waals surface area (Å²) in [5, 5.41) is 11.5. The van der Waals surface area contributed by atoms with Crippen LogP contribution in [0, 0.1) is 18.3 Å². The standard InChI is InChI=1S/C19H19ClN2O3/c1-13-4-3-5-14(8-13)12-25-19-16(20)9-15(10-17(19)24-2)11-22-18(23)6-7-21/h3-5,8-10H,6,11-12H2,1-2H3,(H,22,23). The molecule has 0 saturated heterocycles. The number of rotatable bonds is 7. The number of nitrogens with zero attached hydrogens (tertiary/aromatic N) is 1. The van der Waals surface area contributed by atoms with Crippen molar-refractivity contribution in [3.8, 4) is 17.6 Å². The van der Waals surface area contributed by atoms with Gasteiger partial charge in [-0.3, -0.25) is 4.79 Å². The summed E-state index contributed by atoms with van der Waals surface area (Å²) in [7, 11) is 1.53. The first-order valence-electron chi connectivity index (χ1n) is 7.72. The number of nitrogens with one attached hydrogen (secondary N) is 1. The molecule has 0 fully saturated rings. The van der Waals surface area contributed by atoms with Gasteiger partial charge in [-0.2, -0.15) is 5.26 Å². The average molecular weight is 359 g/mol. The molecule has 0 unspecified atom stereocenters. The monoisotopic (exact) mass is 358 g/mol. The molecule has 1 amide bonds. The highest BCUT2D eigenvalue weighted by Gasteiger charge is 2.13. The van der Waals surface area contributed by atoms with Crippen LogP contribution in [0.25, 0.3) is 0 Å². The highest BCUT2D eigenvalue weighted by atomic mass is 35.5. The molecule has 0 atom stereocenters. The molecule has 0 heterocycles. The van der Waals surface area contributed by atoms with Crippen LogP contribution in [0.3, 0.4) is 0 Å². The van der Waals surface area contributed by atoms with Gasteiger partial charge in [-0.25, -0.2) is 0 Å². The van der Waals surface area contributed by atoms with E-state index >= 15 is 0 Å². The lowest BCUT2D eigenvalue weighted by Gasteiger charge is -2.15. The van der Waals surface area contributed by atoms with Gasteiger partial charge in [0.2, 0.25) is 5.91 Å². The van der Waals surface area contributed by atoms with Crippen LogP contribution in [-0.2, 0) is 17.9 Å². The van der Waals surface area contributed by atoms with Gasteiger partial charge in [-0.15, -0.1) is 0 Å². The summed E-state index contributed by atoms with van der Waals surface area (Å²) in [6.45, 7) is 2.65. The third kappa shape index (κ3) is 5.40. The van der Waals surface area contributed by atoms with Gasteiger partial charge in [0.25, 0.3) is 0 Å². The van der Waals surface area contributed by atoms with Gasteiger partial charge in [-0.1, -0.05) is 41.4 Å². The topological polar surface area (TPSA) is 71.3 Å². The van der Waals surface area contributed by atoms with Crippen molar-refractivity contribution in [1.82, 2.24) is 5.32 Å². The molecule has 1 N–H and O–H groups in total. The van der Waals surface area contributed by atoms with E-state index in [1.165, 1.54) is 7.11 Å². The van der Waals surface area contributed by atoms with E-state index in [2.05, 4.69) is 5.32 Å². The summed E-state index contributed by atoms with van der Waals surface area (Å²) in [5.41, 5.74) is 2.95. The second kappa shape index (κ2) is 8.95. The van der Waals surface area contributed by atoms with Gasteiger partial charge >= 0.3 is 0 Å². The highest BCUT2D eigenvalue weighted by molar-refractivity contribution is 6.32. The van der Waals surface area contributed by atoms with E-state index in [9.17, 15) is 4.79 Å². The van der Waals surface area contributed by atoms with Crippen LogP contribution in [0.2, 0.25) is 5.02 Å². The first-order chi connectivity index (χ1) is 12.0. The van der Waals surface area contributed by atoms with Crippen LogP contribution in [-0.4, -0.2) is 13.0 Å². The predicted octanol–water partition coefficient (Wildman–Crippen LogP) is 3.77. The number of nitriles is 1. The lowest BCUT2D eigenvalue weighted by atomic mass is 10.1. The maximum absolute atomic E-state index is 11.4. The van der Waals surface area contributed by atoms with E-state index in [-0.39, 0.29) is 18.9 Å². The fourth-order valence-corrected chi connectivity index (χ4v) is 2.60. The summed E-state index contributed by atoms with van der Waals surface area (Å²) < 4.78 is 11.2. The Morgan fingerprint density at radius 3 is 2.76 bits per heavy atom. The molecule has 130 valence electrons. The number of methoxy groups -OCH3 is 1. The molecule has 0 spiro atoms. The Morgan fingerprint density at radius 1 is 1.28 bits per heavy atom. The number of amides is 1. The zero-order valence-electron chi connectivity index (χ0n) is 14.1. The van der Waals surface area contributed by atoms with Gasteiger partial charge in [0.1, 0.15) is 13.0 Å². The van der Waals surface area contributed by atoms with Crippen molar-refractivity contribution >= 4 is 17.5 Å². The Balaban J connectivity index is 2.10. The molecule has 0 bridgehead atoms. The molecule has 6 heteroatoms. The van der Waals surface area contributed by atoms with Crippen LogP contribution in [0.5, 0.6) is 11.5 Å². The summed E-state index contributed by atoms with van der Waals surface area (Å²) in [4.78, 5) is 11.4. The maximum Gasteiger partial charge on any atom is 0.234 e. The van der Waals surface area contributed by atoms with E-state index < -0.39 is 0 Å². The largest absolute Gasteiger partial charge is 0.493 e. The Bertz CT molecular complexity index is 800. The number of halogens is 1. The van der Waals surface area contributed by atoms with Gasteiger partial charge < -0.3 is 14.8 Å². The second-order valence-electron chi connectivity index (χ2n) is 5.50. The number of carbonyl (C=O) groups is 1. The first kappa shape index (κ1) is 18.6. The lowest BCUT2D eigenvalue weighted by molar-refractivity contribution is -0.120. The SMILES string of the molecule is COc1cc(CNC(=O)CC#N)cc(Cl)c1OCc1cccc(C)c1. The summed E-state index contributed by atoms with van der Waals surface area (Å²) >= 11 is 6.32. The number of benzene rings is 2. The Hall–Kier alpha value is -2.71. The molecule has 5 nitrogen and oxygen atoms in total. The van der Waals surface area contributed by atoms with Gasteiger partial charge in [0.15, 0.2) is 11.5 Å². The number of carbonyl (C=O) groups excluding carboxylic acids is 1. The van der Waals surface area contributed by atoms with E-state index in [0.29, 0.717) is 23.1 Å². The molecule has 0 aliphatic carbocycles.